The van der Waals surface area contributed by atoms with Crippen LogP contribution in [0.3, 0.4) is 0 Å². The molecule has 1 saturated heterocycles. The van der Waals surface area contributed by atoms with E-state index in [1.54, 1.807) is 0 Å². The molecular weight excluding hydrogens is 479 g/mol. The number of nitrogens with one attached hydrogen (secondary N) is 3. The maximum absolute atomic E-state index is 13.0. The van der Waals surface area contributed by atoms with Crippen LogP contribution in [-0.2, 0) is 13.0 Å². The van der Waals surface area contributed by atoms with Crippen LogP contribution in [-0.4, -0.2) is 80.0 Å². The van der Waals surface area contributed by atoms with E-state index in [1.807, 2.05) is 19.1 Å². The SMILES string of the molecule is CCN(CC)CCOc1nc2c(c(N3CCNCC3)n1)CCN(c1c(C)ccc(NSF)c1C=N)C2. The van der Waals surface area contributed by atoms with E-state index < -0.39 is 0 Å². The fraction of sp³-hybridized carbons (Fsp3) is 0.560. The number of piperazine rings is 1. The molecule has 0 atom stereocenters. The van der Waals surface area contributed by atoms with E-state index in [1.165, 1.54) is 11.8 Å². The first kappa shape index (κ1) is 26.4. The van der Waals surface area contributed by atoms with E-state index in [-0.39, 0.29) is 12.3 Å². The van der Waals surface area contributed by atoms with Gasteiger partial charge in [0.1, 0.15) is 12.4 Å². The topological polar surface area (TPSA) is 92.6 Å². The molecule has 0 bridgehead atoms. The van der Waals surface area contributed by atoms with Crippen molar-refractivity contribution in [2.45, 2.75) is 33.7 Å². The molecule has 0 aliphatic carbocycles. The molecule has 4 rings (SSSR count). The number of fused-ring (bicyclic) bond motifs is 1. The van der Waals surface area contributed by atoms with Gasteiger partial charge in [-0.1, -0.05) is 19.9 Å². The van der Waals surface area contributed by atoms with Crippen LogP contribution in [0.5, 0.6) is 6.01 Å². The van der Waals surface area contributed by atoms with Crippen LogP contribution in [0.25, 0.3) is 0 Å². The van der Waals surface area contributed by atoms with Crippen molar-refractivity contribution in [2.24, 2.45) is 0 Å². The minimum atomic E-state index is 0.0434. The number of nitrogens with zero attached hydrogens (tertiary/aromatic N) is 5. The van der Waals surface area contributed by atoms with Crippen LogP contribution < -0.4 is 24.6 Å². The van der Waals surface area contributed by atoms with Crippen LogP contribution in [0.4, 0.5) is 21.1 Å². The minimum Gasteiger partial charge on any atom is -0.462 e. The maximum Gasteiger partial charge on any atom is 0.318 e. The molecule has 3 heterocycles. The lowest BCUT2D eigenvalue weighted by Gasteiger charge is -2.36. The van der Waals surface area contributed by atoms with Crippen molar-refractivity contribution in [3.8, 4) is 6.01 Å². The Bertz CT molecular complexity index is 1050. The van der Waals surface area contributed by atoms with Crippen LogP contribution in [0.2, 0.25) is 0 Å². The second-order valence-corrected chi connectivity index (χ2v) is 9.41. The van der Waals surface area contributed by atoms with Gasteiger partial charge in [0.25, 0.3) is 0 Å². The number of likely N-dealkylation sites (N-methyl/N-ethyl adjacent to an activating group) is 1. The molecule has 9 nitrogen and oxygen atoms in total. The Morgan fingerprint density at radius 2 is 1.97 bits per heavy atom. The molecule has 1 fully saturated rings. The summed E-state index contributed by atoms with van der Waals surface area (Å²) in [6.07, 6.45) is 2.09. The highest BCUT2D eigenvalue weighted by atomic mass is 32.2. The van der Waals surface area contributed by atoms with E-state index in [4.69, 9.17) is 20.1 Å². The van der Waals surface area contributed by atoms with Gasteiger partial charge in [0.2, 0.25) is 0 Å². The summed E-state index contributed by atoms with van der Waals surface area (Å²) in [4.78, 5) is 16.6. The van der Waals surface area contributed by atoms with E-state index in [0.29, 0.717) is 30.4 Å². The Hall–Kier alpha value is -2.63. The lowest BCUT2D eigenvalue weighted by molar-refractivity contribution is 0.212. The highest BCUT2D eigenvalue weighted by molar-refractivity contribution is 7.95. The van der Waals surface area contributed by atoms with Gasteiger partial charge in [0, 0.05) is 56.6 Å². The maximum atomic E-state index is 13.0. The zero-order valence-electron chi connectivity index (χ0n) is 21.4. The Morgan fingerprint density at radius 1 is 1.19 bits per heavy atom. The van der Waals surface area contributed by atoms with Crippen molar-refractivity contribution >= 4 is 35.7 Å². The summed E-state index contributed by atoms with van der Waals surface area (Å²) in [5, 5.41) is 11.4. The molecular formula is C25H37FN8OS. The summed E-state index contributed by atoms with van der Waals surface area (Å²) in [6.45, 7) is 14.7. The molecule has 2 aliphatic rings. The fourth-order valence-corrected chi connectivity index (χ4v) is 5.26. The number of halogens is 1. The van der Waals surface area contributed by atoms with Gasteiger partial charge < -0.3 is 34.9 Å². The number of hydrogen-bond donors (Lipinski definition) is 3. The molecule has 1 aromatic carbocycles. The molecule has 2 aliphatic heterocycles. The molecule has 0 unspecified atom stereocenters. The quantitative estimate of drug-likeness (QED) is 0.307. The molecule has 0 radical (unpaired) electrons. The van der Waals surface area contributed by atoms with Gasteiger partial charge in [-0.15, -0.1) is 3.89 Å². The number of benzene rings is 1. The number of ether oxygens (including phenoxy) is 1. The Balaban J connectivity index is 1.65. The van der Waals surface area contributed by atoms with E-state index in [9.17, 15) is 3.89 Å². The third-order valence-electron chi connectivity index (χ3n) is 7.00. The van der Waals surface area contributed by atoms with Crippen molar-refractivity contribution in [3.05, 3.63) is 34.5 Å². The average Bonchev–Trinajstić information content (AvgIpc) is 2.91. The third-order valence-corrected chi connectivity index (χ3v) is 7.30. The summed E-state index contributed by atoms with van der Waals surface area (Å²) in [5.74, 6) is 0.979. The number of aryl methyl sites for hydroxylation is 1. The average molecular weight is 517 g/mol. The first-order valence-corrected chi connectivity index (χ1v) is 13.4. The zero-order valence-corrected chi connectivity index (χ0v) is 22.3. The minimum absolute atomic E-state index is 0.0434. The normalized spacial score (nSPS) is 15.7. The number of rotatable bonds is 11. The van der Waals surface area contributed by atoms with Gasteiger partial charge in [0.05, 0.1) is 23.6 Å². The van der Waals surface area contributed by atoms with Crippen LogP contribution >= 0.6 is 12.3 Å². The summed E-state index contributed by atoms with van der Waals surface area (Å²) in [5.41, 5.74) is 5.37. The van der Waals surface area contributed by atoms with Crippen molar-refractivity contribution < 1.29 is 8.62 Å². The first-order chi connectivity index (χ1) is 17.6. The second-order valence-electron chi connectivity index (χ2n) is 9.05. The van der Waals surface area contributed by atoms with Gasteiger partial charge >= 0.3 is 6.01 Å². The molecule has 1 aromatic heterocycles. The first-order valence-electron chi connectivity index (χ1n) is 12.7. The molecule has 196 valence electrons. The molecule has 0 amide bonds. The molecule has 3 N–H and O–H groups in total. The van der Waals surface area contributed by atoms with Crippen LogP contribution in [0.15, 0.2) is 12.1 Å². The predicted octanol–water partition coefficient (Wildman–Crippen LogP) is 3.42. The lowest BCUT2D eigenvalue weighted by atomic mass is 10.00. The summed E-state index contributed by atoms with van der Waals surface area (Å²) in [7, 11) is 0. The van der Waals surface area contributed by atoms with E-state index >= 15 is 0 Å². The molecule has 36 heavy (non-hydrogen) atoms. The second kappa shape index (κ2) is 12.6. The molecule has 11 heteroatoms. The van der Waals surface area contributed by atoms with E-state index in [0.717, 1.165) is 81.5 Å². The largest absolute Gasteiger partial charge is 0.462 e. The van der Waals surface area contributed by atoms with Gasteiger partial charge in [-0.2, -0.15) is 9.97 Å². The molecule has 2 aromatic rings. The fourth-order valence-electron chi connectivity index (χ4n) is 5.00. The van der Waals surface area contributed by atoms with Gasteiger partial charge in [0.15, 0.2) is 12.3 Å². The standard InChI is InChI=1S/C25H37FN8OS/c1-4-32(5-2)14-15-35-25-29-22-17-34(23-18(3)6-7-21(31-36-26)20(23)16-27)11-8-19(22)24(30-25)33-12-9-28-10-13-33/h6-7,16,27-28,31H,4-5,8-15,17H2,1-3H3. The zero-order chi connectivity index (χ0) is 25.5. The highest BCUT2D eigenvalue weighted by Crippen LogP contribution is 2.36. The van der Waals surface area contributed by atoms with Crippen LogP contribution in [0.1, 0.15) is 36.2 Å². The highest BCUT2D eigenvalue weighted by Gasteiger charge is 2.28. The van der Waals surface area contributed by atoms with Crippen LogP contribution in [0, 0.1) is 12.3 Å². The van der Waals surface area contributed by atoms with Crippen molar-refractivity contribution in [2.75, 3.05) is 73.5 Å². The lowest BCUT2D eigenvalue weighted by Crippen LogP contribution is -2.45. The summed E-state index contributed by atoms with van der Waals surface area (Å²) in [6, 6.07) is 4.20. The van der Waals surface area contributed by atoms with Gasteiger partial charge in [-0.3, -0.25) is 0 Å². The number of anilines is 3. The number of aromatic nitrogens is 2. The van der Waals surface area contributed by atoms with Crippen molar-refractivity contribution in [3.63, 3.8) is 0 Å². The Morgan fingerprint density at radius 3 is 2.67 bits per heavy atom. The summed E-state index contributed by atoms with van der Waals surface area (Å²) >= 11 is 0.0434. The number of hydrogen-bond acceptors (Lipinski definition) is 10. The smallest absolute Gasteiger partial charge is 0.318 e. The summed E-state index contributed by atoms with van der Waals surface area (Å²) < 4.78 is 21.8. The predicted molar refractivity (Wildman–Crippen MR) is 147 cm³/mol. The van der Waals surface area contributed by atoms with Gasteiger partial charge in [-0.25, -0.2) is 0 Å². The Labute approximate surface area is 217 Å². The van der Waals surface area contributed by atoms with Gasteiger partial charge in [-0.05, 0) is 38.1 Å². The van der Waals surface area contributed by atoms with Crippen molar-refractivity contribution in [1.82, 2.24) is 20.2 Å². The third kappa shape index (κ3) is 5.84. The van der Waals surface area contributed by atoms with E-state index in [2.05, 4.69) is 38.6 Å². The van der Waals surface area contributed by atoms with Crippen molar-refractivity contribution in [1.29, 1.82) is 5.41 Å². The molecule has 0 saturated carbocycles. The monoisotopic (exact) mass is 516 g/mol. The Kier molecular flexibility index (Phi) is 9.22. The molecule has 0 spiro atoms.